The van der Waals surface area contributed by atoms with Crippen molar-refractivity contribution in [2.75, 3.05) is 5.75 Å². The third-order valence-electron chi connectivity index (χ3n) is 3.72. The van der Waals surface area contributed by atoms with Gasteiger partial charge in [0, 0.05) is 25.7 Å². The van der Waals surface area contributed by atoms with Crippen LogP contribution in [-0.4, -0.2) is 42.9 Å². The molecule has 10 heteroatoms. The number of Topliss-reactive ketones (excluding diaryl/α,β-unsaturated/α-hetero) is 2. The molecule has 8 nitrogen and oxygen atoms in total. The van der Waals surface area contributed by atoms with E-state index in [0.29, 0.717) is 32.1 Å². The Morgan fingerprint density at radius 2 is 1.19 bits per heavy atom. The molecule has 0 aliphatic rings. The van der Waals surface area contributed by atoms with E-state index in [4.69, 9.17) is 17.2 Å². The van der Waals surface area contributed by atoms with Gasteiger partial charge in [-0.05, 0) is 30.1 Å². The molecule has 0 spiro atoms. The number of hydrogen-bond acceptors (Lipinski definition) is 7. The molecule has 0 aliphatic carbocycles. The Balaban J connectivity index is 0. The Hall–Kier alpha value is -1.13. The quantitative estimate of drug-likeness (QED) is 0.495. The van der Waals surface area contributed by atoms with Crippen LogP contribution < -0.4 is 0 Å². The average Bonchev–Trinajstić information content (AvgIpc) is 2.39. The fourth-order valence-electron chi connectivity index (χ4n) is 2.29. The Kier molecular flexibility index (Phi) is 12.8. The SMILES string of the molecule is CC(C)(C)CCC(=O)CCCC(=O)CCC(C)(C)CS(=O)(=O)O.O=S(=O)=O. The van der Waals surface area contributed by atoms with Crippen molar-refractivity contribution >= 4 is 32.3 Å². The largest absolute Gasteiger partial charge is 0.425 e. The molecule has 0 amide bonds. The number of carbonyl (C=O) groups excluding carboxylic acids is 2. The third kappa shape index (κ3) is 24.9. The normalized spacial score (nSPS) is 12.1. The number of rotatable bonds is 11. The predicted molar refractivity (Wildman–Crippen MR) is 102 cm³/mol. The zero-order valence-electron chi connectivity index (χ0n) is 16.8. The minimum atomic E-state index is -4.03. The Morgan fingerprint density at radius 1 is 0.815 bits per heavy atom. The molecule has 0 radical (unpaired) electrons. The van der Waals surface area contributed by atoms with Crippen molar-refractivity contribution in [1.29, 1.82) is 0 Å². The summed E-state index contributed by atoms with van der Waals surface area (Å²) >= 11 is 0. The van der Waals surface area contributed by atoms with Gasteiger partial charge in [-0.1, -0.05) is 34.6 Å². The first-order chi connectivity index (χ1) is 11.9. The summed E-state index contributed by atoms with van der Waals surface area (Å²) in [6.07, 6.45) is 3.42. The molecule has 0 unspecified atom stereocenters. The number of carbonyl (C=O) groups is 2. The van der Waals surface area contributed by atoms with Gasteiger partial charge in [0.1, 0.15) is 11.6 Å². The summed E-state index contributed by atoms with van der Waals surface area (Å²) in [6.45, 7) is 9.71. The van der Waals surface area contributed by atoms with Gasteiger partial charge in [-0.3, -0.25) is 14.1 Å². The van der Waals surface area contributed by atoms with E-state index in [-0.39, 0.29) is 29.2 Å². The Labute approximate surface area is 163 Å². The van der Waals surface area contributed by atoms with Crippen LogP contribution in [0.15, 0.2) is 0 Å². The van der Waals surface area contributed by atoms with Gasteiger partial charge in [-0.15, -0.1) is 12.6 Å². The molecule has 1 N–H and O–H groups in total. The lowest BCUT2D eigenvalue weighted by Crippen LogP contribution is -2.24. The summed E-state index contributed by atoms with van der Waals surface area (Å²) < 4.78 is 56.0. The lowest BCUT2D eigenvalue weighted by molar-refractivity contribution is -0.120. The molecule has 27 heavy (non-hydrogen) atoms. The molecule has 0 aliphatic heterocycles. The Bertz CT molecular complexity index is 676. The highest BCUT2D eigenvalue weighted by Crippen LogP contribution is 2.25. The molecule has 0 saturated heterocycles. The van der Waals surface area contributed by atoms with E-state index in [2.05, 4.69) is 20.8 Å². The molecule has 0 aromatic heterocycles. The van der Waals surface area contributed by atoms with Crippen molar-refractivity contribution < 1.29 is 35.2 Å². The van der Waals surface area contributed by atoms with Gasteiger partial charge in [0.15, 0.2) is 0 Å². The summed E-state index contributed by atoms with van der Waals surface area (Å²) in [5.74, 6) is -0.116. The highest BCUT2D eigenvalue weighted by molar-refractivity contribution is 7.85. The van der Waals surface area contributed by atoms with Crippen LogP contribution in [-0.2, 0) is 30.3 Å². The zero-order valence-corrected chi connectivity index (χ0v) is 18.4. The lowest BCUT2D eigenvalue weighted by Gasteiger charge is -2.22. The van der Waals surface area contributed by atoms with Crippen molar-refractivity contribution in [3.8, 4) is 0 Å². The van der Waals surface area contributed by atoms with E-state index in [0.717, 1.165) is 6.42 Å². The summed E-state index contributed by atoms with van der Waals surface area (Å²) in [4.78, 5) is 23.6. The third-order valence-corrected chi connectivity index (χ3v) is 4.87. The van der Waals surface area contributed by atoms with Crippen LogP contribution in [0.5, 0.6) is 0 Å². The average molecular weight is 429 g/mol. The first-order valence-corrected chi connectivity index (χ1v) is 11.3. The maximum Gasteiger partial charge on any atom is 0.425 e. The molecule has 0 heterocycles. The molecule has 0 fully saturated rings. The standard InChI is InChI=1S/C17H32O5S.O3S/c1-16(2,3)11-9-14(18)7-6-8-15(19)10-12-17(4,5)13-23(20,21)22;1-4(2)3/h6-13H2,1-5H3,(H,20,21,22);. The van der Waals surface area contributed by atoms with Crippen LogP contribution in [0.1, 0.15) is 79.6 Å². The molecule has 0 aromatic rings. The molecule has 160 valence electrons. The molecular weight excluding hydrogens is 396 g/mol. The van der Waals surface area contributed by atoms with Gasteiger partial charge in [0.25, 0.3) is 10.1 Å². The number of hydrogen-bond donors (Lipinski definition) is 1. The first-order valence-electron chi connectivity index (χ1n) is 8.69. The lowest BCUT2D eigenvalue weighted by atomic mass is 9.88. The highest BCUT2D eigenvalue weighted by Gasteiger charge is 2.25. The van der Waals surface area contributed by atoms with Gasteiger partial charge >= 0.3 is 10.6 Å². The van der Waals surface area contributed by atoms with Crippen molar-refractivity contribution in [3.63, 3.8) is 0 Å². The van der Waals surface area contributed by atoms with Crippen LogP contribution in [0.25, 0.3) is 0 Å². The molecule has 0 atom stereocenters. The van der Waals surface area contributed by atoms with E-state index >= 15 is 0 Å². The van der Waals surface area contributed by atoms with Crippen LogP contribution in [0.2, 0.25) is 0 Å². The molecular formula is C17H32O8S2. The topological polar surface area (TPSA) is 140 Å². The van der Waals surface area contributed by atoms with Crippen molar-refractivity contribution in [2.24, 2.45) is 10.8 Å². The minimum Gasteiger partial charge on any atom is -0.300 e. The minimum absolute atomic E-state index is 0.0389. The fraction of sp³-hybridized carbons (Fsp3) is 0.882. The summed E-state index contributed by atoms with van der Waals surface area (Å²) in [5, 5.41) is 0. The monoisotopic (exact) mass is 428 g/mol. The Morgan fingerprint density at radius 3 is 1.52 bits per heavy atom. The molecule has 0 rings (SSSR count). The van der Waals surface area contributed by atoms with E-state index in [1.807, 2.05) is 0 Å². The van der Waals surface area contributed by atoms with E-state index in [1.54, 1.807) is 13.8 Å². The predicted octanol–water partition coefficient (Wildman–Crippen LogP) is 2.81. The second-order valence-corrected chi connectivity index (χ2v) is 10.4. The highest BCUT2D eigenvalue weighted by atomic mass is 32.2. The van der Waals surface area contributed by atoms with E-state index in [1.165, 1.54) is 0 Å². The van der Waals surface area contributed by atoms with Gasteiger partial charge in [0.05, 0.1) is 5.75 Å². The van der Waals surface area contributed by atoms with Crippen LogP contribution in [0.4, 0.5) is 0 Å². The summed E-state index contributed by atoms with van der Waals surface area (Å²) in [6, 6.07) is 0. The molecule has 0 bridgehead atoms. The van der Waals surface area contributed by atoms with E-state index < -0.39 is 26.1 Å². The summed E-state index contributed by atoms with van der Waals surface area (Å²) in [5.41, 5.74) is -0.490. The maximum atomic E-state index is 11.8. The maximum absolute atomic E-state index is 11.8. The van der Waals surface area contributed by atoms with Gasteiger partial charge in [-0.25, -0.2) is 0 Å². The summed E-state index contributed by atoms with van der Waals surface area (Å²) in [7, 11) is -7.14. The van der Waals surface area contributed by atoms with E-state index in [9.17, 15) is 18.0 Å². The van der Waals surface area contributed by atoms with Crippen LogP contribution in [0.3, 0.4) is 0 Å². The second-order valence-electron chi connectivity index (χ2n) is 8.59. The molecule has 0 saturated carbocycles. The first kappa shape index (κ1) is 28.1. The number of ketones is 2. The fourth-order valence-corrected chi connectivity index (χ4v) is 3.42. The van der Waals surface area contributed by atoms with Crippen molar-refractivity contribution in [2.45, 2.75) is 79.6 Å². The van der Waals surface area contributed by atoms with Gasteiger partial charge < -0.3 is 0 Å². The molecule has 0 aromatic carbocycles. The van der Waals surface area contributed by atoms with Crippen LogP contribution >= 0.6 is 0 Å². The van der Waals surface area contributed by atoms with Gasteiger partial charge in [0.2, 0.25) is 0 Å². The van der Waals surface area contributed by atoms with Crippen molar-refractivity contribution in [3.05, 3.63) is 0 Å². The van der Waals surface area contributed by atoms with Crippen LogP contribution in [0, 0.1) is 10.8 Å². The zero-order chi connectivity index (χ0) is 21.9. The smallest absolute Gasteiger partial charge is 0.300 e. The van der Waals surface area contributed by atoms with Crippen molar-refractivity contribution in [1.82, 2.24) is 0 Å². The second kappa shape index (κ2) is 12.4. The van der Waals surface area contributed by atoms with Gasteiger partial charge in [-0.2, -0.15) is 8.42 Å².